The van der Waals surface area contributed by atoms with Gasteiger partial charge in [0.25, 0.3) is 0 Å². The van der Waals surface area contributed by atoms with Crippen LogP contribution in [-0.2, 0) is 0 Å². The van der Waals surface area contributed by atoms with Crippen molar-refractivity contribution in [2.45, 2.75) is 25.4 Å². The van der Waals surface area contributed by atoms with Crippen molar-refractivity contribution in [3.8, 4) is 0 Å². The summed E-state index contributed by atoms with van der Waals surface area (Å²) in [7, 11) is 6.56. The Morgan fingerprint density at radius 1 is 1.39 bits per heavy atom. The van der Waals surface area contributed by atoms with E-state index in [1.807, 2.05) is 11.3 Å². The second kappa shape index (κ2) is 6.15. The minimum absolute atomic E-state index is 0.489. The first-order valence-corrected chi connectivity index (χ1v) is 7.54. The first-order chi connectivity index (χ1) is 8.60. The molecule has 0 aromatic carbocycles. The number of nitrogens with one attached hydrogen (secondary N) is 1. The lowest BCUT2D eigenvalue weighted by Gasteiger charge is -2.39. The van der Waals surface area contributed by atoms with Crippen LogP contribution in [0.5, 0.6) is 0 Å². The van der Waals surface area contributed by atoms with E-state index >= 15 is 0 Å². The van der Waals surface area contributed by atoms with E-state index < -0.39 is 0 Å². The molecule has 1 aliphatic rings. The molecule has 2 heterocycles. The Balaban J connectivity index is 2.01. The lowest BCUT2D eigenvalue weighted by Crippen LogP contribution is -2.50. The Hall–Kier alpha value is -0.420. The van der Waals surface area contributed by atoms with Gasteiger partial charge in [0.15, 0.2) is 0 Å². The SMILES string of the molecule is CNC(CC1CN(C)CCN1C)c1ccc(C)s1. The smallest absolute Gasteiger partial charge is 0.0427 e. The largest absolute Gasteiger partial charge is 0.312 e. The van der Waals surface area contributed by atoms with Gasteiger partial charge in [-0.05, 0) is 46.6 Å². The Morgan fingerprint density at radius 2 is 2.17 bits per heavy atom. The van der Waals surface area contributed by atoms with Crippen molar-refractivity contribution < 1.29 is 0 Å². The second-order valence-electron chi connectivity index (χ2n) is 5.42. The number of aryl methyl sites for hydroxylation is 1. The average Bonchev–Trinajstić information content (AvgIpc) is 2.77. The van der Waals surface area contributed by atoms with Gasteiger partial charge in [-0.1, -0.05) is 0 Å². The number of hydrogen-bond acceptors (Lipinski definition) is 4. The van der Waals surface area contributed by atoms with E-state index in [4.69, 9.17) is 0 Å². The Morgan fingerprint density at radius 3 is 2.78 bits per heavy atom. The normalized spacial score (nSPS) is 24.3. The van der Waals surface area contributed by atoms with Crippen LogP contribution in [0.25, 0.3) is 0 Å². The minimum Gasteiger partial charge on any atom is -0.312 e. The van der Waals surface area contributed by atoms with Crippen LogP contribution in [0.15, 0.2) is 12.1 Å². The van der Waals surface area contributed by atoms with Gasteiger partial charge in [0.05, 0.1) is 0 Å². The molecule has 1 N–H and O–H groups in total. The van der Waals surface area contributed by atoms with Crippen molar-refractivity contribution in [1.29, 1.82) is 0 Å². The molecule has 0 spiro atoms. The van der Waals surface area contributed by atoms with E-state index in [9.17, 15) is 0 Å². The summed E-state index contributed by atoms with van der Waals surface area (Å²) in [6.45, 7) is 5.73. The third kappa shape index (κ3) is 3.32. The quantitative estimate of drug-likeness (QED) is 0.899. The molecular weight excluding hydrogens is 242 g/mol. The molecule has 1 aromatic heterocycles. The van der Waals surface area contributed by atoms with Crippen LogP contribution in [0.4, 0.5) is 0 Å². The Labute approximate surface area is 115 Å². The van der Waals surface area contributed by atoms with E-state index in [1.54, 1.807) is 0 Å². The van der Waals surface area contributed by atoms with Gasteiger partial charge in [-0.2, -0.15) is 0 Å². The standard InChI is InChI=1S/C14H25N3S/c1-11-5-6-14(18-11)13(15-2)9-12-10-16(3)7-8-17(12)4/h5-6,12-13,15H,7-10H2,1-4H3. The highest BCUT2D eigenvalue weighted by Gasteiger charge is 2.25. The first-order valence-electron chi connectivity index (χ1n) is 6.72. The van der Waals surface area contributed by atoms with Gasteiger partial charge in [0.2, 0.25) is 0 Å². The van der Waals surface area contributed by atoms with Crippen molar-refractivity contribution >= 4 is 11.3 Å². The predicted molar refractivity (Wildman–Crippen MR) is 79.4 cm³/mol. The fraction of sp³-hybridized carbons (Fsp3) is 0.714. The molecule has 2 unspecified atom stereocenters. The van der Waals surface area contributed by atoms with E-state index in [0.717, 1.165) is 0 Å². The van der Waals surface area contributed by atoms with E-state index in [2.05, 4.69) is 55.3 Å². The minimum atomic E-state index is 0.489. The maximum Gasteiger partial charge on any atom is 0.0427 e. The summed E-state index contributed by atoms with van der Waals surface area (Å²) < 4.78 is 0. The molecule has 4 heteroatoms. The summed E-state index contributed by atoms with van der Waals surface area (Å²) in [6, 6.07) is 5.64. The fourth-order valence-electron chi connectivity index (χ4n) is 2.64. The molecule has 0 aliphatic carbocycles. The molecule has 18 heavy (non-hydrogen) atoms. The third-order valence-corrected chi connectivity index (χ3v) is 5.06. The highest BCUT2D eigenvalue weighted by atomic mass is 32.1. The molecule has 1 aromatic rings. The lowest BCUT2D eigenvalue weighted by atomic mass is 10.0. The van der Waals surface area contributed by atoms with Crippen LogP contribution in [0.1, 0.15) is 22.2 Å². The van der Waals surface area contributed by atoms with Gasteiger partial charge in [0, 0.05) is 41.5 Å². The van der Waals surface area contributed by atoms with Crippen LogP contribution in [-0.4, -0.2) is 56.6 Å². The van der Waals surface area contributed by atoms with Crippen LogP contribution >= 0.6 is 11.3 Å². The molecule has 0 radical (unpaired) electrons. The van der Waals surface area contributed by atoms with Gasteiger partial charge in [-0.25, -0.2) is 0 Å². The zero-order chi connectivity index (χ0) is 13.1. The first kappa shape index (κ1) is 14.0. The van der Waals surface area contributed by atoms with E-state index in [0.29, 0.717) is 12.1 Å². The number of hydrogen-bond donors (Lipinski definition) is 1. The van der Waals surface area contributed by atoms with Crippen molar-refractivity contribution in [2.75, 3.05) is 40.8 Å². The summed E-state index contributed by atoms with van der Waals surface area (Å²) in [4.78, 5) is 7.82. The molecule has 2 rings (SSSR count). The monoisotopic (exact) mass is 267 g/mol. The molecule has 1 fully saturated rings. The second-order valence-corrected chi connectivity index (χ2v) is 6.74. The van der Waals surface area contributed by atoms with Crippen molar-refractivity contribution in [3.63, 3.8) is 0 Å². The summed E-state index contributed by atoms with van der Waals surface area (Å²) in [5.41, 5.74) is 0. The molecule has 3 nitrogen and oxygen atoms in total. The van der Waals surface area contributed by atoms with Crippen molar-refractivity contribution in [1.82, 2.24) is 15.1 Å². The number of thiophene rings is 1. The van der Waals surface area contributed by atoms with Gasteiger partial charge < -0.3 is 15.1 Å². The van der Waals surface area contributed by atoms with E-state index in [-0.39, 0.29) is 0 Å². The fourth-order valence-corrected chi connectivity index (χ4v) is 3.65. The van der Waals surface area contributed by atoms with Crippen molar-refractivity contribution in [3.05, 3.63) is 21.9 Å². The molecular formula is C14H25N3S. The van der Waals surface area contributed by atoms with Crippen LogP contribution < -0.4 is 5.32 Å². The van der Waals surface area contributed by atoms with Gasteiger partial charge in [-0.15, -0.1) is 11.3 Å². The lowest BCUT2D eigenvalue weighted by molar-refractivity contribution is 0.102. The summed E-state index contributed by atoms with van der Waals surface area (Å²) in [6.07, 6.45) is 1.19. The van der Waals surface area contributed by atoms with Crippen molar-refractivity contribution in [2.24, 2.45) is 0 Å². The number of likely N-dealkylation sites (N-methyl/N-ethyl adjacent to an activating group) is 2. The number of nitrogens with zero attached hydrogens (tertiary/aromatic N) is 2. The highest BCUT2D eigenvalue weighted by molar-refractivity contribution is 7.12. The topological polar surface area (TPSA) is 18.5 Å². The van der Waals surface area contributed by atoms with Gasteiger partial charge in [0.1, 0.15) is 0 Å². The van der Waals surface area contributed by atoms with Crippen LogP contribution in [0, 0.1) is 6.92 Å². The molecule has 0 bridgehead atoms. The van der Waals surface area contributed by atoms with Crippen LogP contribution in [0.2, 0.25) is 0 Å². The van der Waals surface area contributed by atoms with Gasteiger partial charge in [-0.3, -0.25) is 0 Å². The molecule has 2 atom stereocenters. The molecule has 1 saturated heterocycles. The maximum absolute atomic E-state index is 3.48. The molecule has 102 valence electrons. The van der Waals surface area contributed by atoms with E-state index in [1.165, 1.54) is 35.8 Å². The number of rotatable bonds is 4. The average molecular weight is 267 g/mol. The predicted octanol–water partition coefficient (Wildman–Crippen LogP) is 1.95. The van der Waals surface area contributed by atoms with Crippen LogP contribution in [0.3, 0.4) is 0 Å². The molecule has 0 amide bonds. The number of piperazine rings is 1. The van der Waals surface area contributed by atoms with Gasteiger partial charge >= 0.3 is 0 Å². The third-order valence-electron chi connectivity index (χ3n) is 3.94. The summed E-state index contributed by atoms with van der Waals surface area (Å²) >= 11 is 1.92. The zero-order valence-electron chi connectivity index (χ0n) is 11.9. The maximum atomic E-state index is 3.48. The Kier molecular flexibility index (Phi) is 4.78. The summed E-state index contributed by atoms with van der Waals surface area (Å²) in [5.74, 6) is 0. The molecule has 1 aliphatic heterocycles. The zero-order valence-corrected chi connectivity index (χ0v) is 12.8. The highest BCUT2D eigenvalue weighted by Crippen LogP contribution is 2.27. The summed E-state index contributed by atoms with van der Waals surface area (Å²) in [5, 5.41) is 3.48. The Bertz CT molecular complexity index is 377. The molecule has 0 saturated carbocycles.